The van der Waals surface area contributed by atoms with Crippen LogP contribution in [0.15, 0.2) is 18.2 Å². The summed E-state index contributed by atoms with van der Waals surface area (Å²) in [5, 5.41) is 9.32. The van der Waals surface area contributed by atoms with Gasteiger partial charge < -0.3 is 5.11 Å². The van der Waals surface area contributed by atoms with E-state index in [1.54, 1.807) is 0 Å². The standard InChI is InChI=1S/C13H17ClO2/c1-9(2)12-7-6-11(14)8-10(12)4-3-5-13(15)16/h6-9H,3-5H2,1-2H3,(H,15,16). The van der Waals surface area contributed by atoms with Crippen molar-refractivity contribution in [2.75, 3.05) is 0 Å². The zero-order valence-corrected chi connectivity index (χ0v) is 10.4. The third kappa shape index (κ3) is 3.86. The van der Waals surface area contributed by atoms with Gasteiger partial charge >= 0.3 is 5.97 Å². The van der Waals surface area contributed by atoms with Gasteiger partial charge in [-0.3, -0.25) is 4.79 Å². The monoisotopic (exact) mass is 240 g/mol. The van der Waals surface area contributed by atoms with Gasteiger partial charge in [-0.1, -0.05) is 31.5 Å². The predicted molar refractivity (Wildman–Crippen MR) is 66.1 cm³/mol. The van der Waals surface area contributed by atoms with E-state index in [9.17, 15) is 4.79 Å². The van der Waals surface area contributed by atoms with Gasteiger partial charge in [-0.25, -0.2) is 0 Å². The molecule has 0 aliphatic heterocycles. The van der Waals surface area contributed by atoms with Crippen molar-refractivity contribution in [3.63, 3.8) is 0 Å². The maximum absolute atomic E-state index is 10.4. The van der Waals surface area contributed by atoms with Crippen LogP contribution >= 0.6 is 11.6 Å². The van der Waals surface area contributed by atoms with Crippen molar-refractivity contribution in [3.8, 4) is 0 Å². The number of carbonyl (C=O) groups is 1. The van der Waals surface area contributed by atoms with Crippen LogP contribution in [0.2, 0.25) is 5.02 Å². The van der Waals surface area contributed by atoms with Crippen molar-refractivity contribution in [2.24, 2.45) is 0 Å². The van der Waals surface area contributed by atoms with Crippen LogP contribution in [0.1, 0.15) is 43.7 Å². The van der Waals surface area contributed by atoms with Gasteiger partial charge in [0.1, 0.15) is 0 Å². The van der Waals surface area contributed by atoms with Crippen molar-refractivity contribution in [1.29, 1.82) is 0 Å². The summed E-state index contributed by atoms with van der Waals surface area (Å²) in [5.41, 5.74) is 2.43. The first-order chi connectivity index (χ1) is 7.50. The fraction of sp³-hybridized carbons (Fsp3) is 0.462. The molecule has 0 aliphatic carbocycles. The molecule has 1 rings (SSSR count). The number of hydrogen-bond donors (Lipinski definition) is 1. The quantitative estimate of drug-likeness (QED) is 0.848. The van der Waals surface area contributed by atoms with E-state index in [1.807, 2.05) is 18.2 Å². The van der Waals surface area contributed by atoms with E-state index in [-0.39, 0.29) is 6.42 Å². The number of benzene rings is 1. The molecule has 2 nitrogen and oxygen atoms in total. The first-order valence-electron chi connectivity index (χ1n) is 5.51. The molecule has 0 saturated carbocycles. The van der Waals surface area contributed by atoms with Crippen LogP contribution < -0.4 is 0 Å². The predicted octanol–water partition coefficient (Wildman–Crippen LogP) is 3.87. The number of hydrogen-bond acceptors (Lipinski definition) is 1. The van der Waals surface area contributed by atoms with Gasteiger partial charge in [0.25, 0.3) is 0 Å². The molecule has 0 aromatic heterocycles. The van der Waals surface area contributed by atoms with Gasteiger partial charge in [0.05, 0.1) is 0 Å². The minimum Gasteiger partial charge on any atom is -0.481 e. The Hall–Kier alpha value is -1.02. The smallest absolute Gasteiger partial charge is 0.303 e. The van der Waals surface area contributed by atoms with Crippen molar-refractivity contribution < 1.29 is 9.90 Å². The average Bonchev–Trinajstić information content (AvgIpc) is 2.16. The van der Waals surface area contributed by atoms with Gasteiger partial charge in [-0.05, 0) is 42.0 Å². The lowest BCUT2D eigenvalue weighted by Crippen LogP contribution is -2.00. The van der Waals surface area contributed by atoms with E-state index < -0.39 is 5.97 Å². The summed E-state index contributed by atoms with van der Waals surface area (Å²) < 4.78 is 0. The molecule has 88 valence electrons. The molecule has 0 aliphatic rings. The number of halogens is 1. The Kier molecular flexibility index (Phi) is 4.81. The van der Waals surface area contributed by atoms with Gasteiger partial charge in [-0.15, -0.1) is 0 Å². The lowest BCUT2D eigenvalue weighted by molar-refractivity contribution is -0.137. The summed E-state index contributed by atoms with van der Waals surface area (Å²) in [6.07, 6.45) is 1.65. The molecule has 0 unspecified atom stereocenters. The Morgan fingerprint density at radius 3 is 2.69 bits per heavy atom. The summed E-state index contributed by atoms with van der Waals surface area (Å²) in [5.74, 6) is -0.301. The molecule has 0 spiro atoms. The minimum absolute atomic E-state index is 0.212. The SMILES string of the molecule is CC(C)c1ccc(Cl)cc1CCCC(=O)O. The number of carboxylic acid groups (broad SMARTS) is 1. The number of carboxylic acids is 1. The molecule has 3 heteroatoms. The van der Waals surface area contributed by atoms with Crippen LogP contribution in [-0.2, 0) is 11.2 Å². The second-order valence-electron chi connectivity index (χ2n) is 4.25. The number of aliphatic carboxylic acids is 1. The zero-order valence-electron chi connectivity index (χ0n) is 9.66. The molecule has 1 aromatic rings. The molecule has 0 fully saturated rings. The molecule has 0 bridgehead atoms. The highest BCUT2D eigenvalue weighted by Gasteiger charge is 2.07. The fourth-order valence-corrected chi connectivity index (χ4v) is 1.98. The Morgan fingerprint density at radius 1 is 1.44 bits per heavy atom. The van der Waals surface area contributed by atoms with Crippen LogP contribution in [0.25, 0.3) is 0 Å². The summed E-state index contributed by atoms with van der Waals surface area (Å²) in [6.45, 7) is 4.26. The molecule has 1 N–H and O–H groups in total. The normalized spacial score (nSPS) is 10.8. The minimum atomic E-state index is -0.742. The molecule has 0 atom stereocenters. The zero-order chi connectivity index (χ0) is 12.1. The lowest BCUT2D eigenvalue weighted by Gasteiger charge is -2.12. The first-order valence-corrected chi connectivity index (χ1v) is 5.88. The number of rotatable bonds is 5. The molecule has 1 aromatic carbocycles. The Balaban J connectivity index is 2.76. The second kappa shape index (κ2) is 5.90. The maximum Gasteiger partial charge on any atom is 0.303 e. The van der Waals surface area contributed by atoms with E-state index >= 15 is 0 Å². The molecule has 0 radical (unpaired) electrons. The van der Waals surface area contributed by atoms with Gasteiger partial charge in [0.2, 0.25) is 0 Å². The molecule has 0 amide bonds. The topological polar surface area (TPSA) is 37.3 Å². The number of aryl methyl sites for hydroxylation is 1. The van der Waals surface area contributed by atoms with Crippen LogP contribution in [0.4, 0.5) is 0 Å². The van der Waals surface area contributed by atoms with E-state index in [1.165, 1.54) is 11.1 Å². The van der Waals surface area contributed by atoms with E-state index in [2.05, 4.69) is 13.8 Å². The summed E-state index contributed by atoms with van der Waals surface area (Å²) >= 11 is 5.95. The van der Waals surface area contributed by atoms with Gasteiger partial charge in [0.15, 0.2) is 0 Å². The van der Waals surface area contributed by atoms with Crippen molar-refractivity contribution >= 4 is 17.6 Å². The van der Waals surface area contributed by atoms with Gasteiger partial charge in [-0.2, -0.15) is 0 Å². The summed E-state index contributed by atoms with van der Waals surface area (Å²) in [6, 6.07) is 5.86. The van der Waals surface area contributed by atoms with Crippen LogP contribution in [0, 0.1) is 0 Å². The van der Waals surface area contributed by atoms with Crippen LogP contribution in [0.3, 0.4) is 0 Å². The van der Waals surface area contributed by atoms with E-state index in [4.69, 9.17) is 16.7 Å². The Bertz CT molecular complexity index is 372. The molecule has 0 heterocycles. The van der Waals surface area contributed by atoms with Crippen LogP contribution in [-0.4, -0.2) is 11.1 Å². The third-order valence-corrected chi connectivity index (χ3v) is 2.80. The van der Waals surface area contributed by atoms with E-state index in [0.29, 0.717) is 12.3 Å². The van der Waals surface area contributed by atoms with Crippen LogP contribution in [0.5, 0.6) is 0 Å². The van der Waals surface area contributed by atoms with Gasteiger partial charge in [0, 0.05) is 11.4 Å². The highest BCUT2D eigenvalue weighted by molar-refractivity contribution is 6.30. The van der Waals surface area contributed by atoms with Crippen molar-refractivity contribution in [2.45, 2.75) is 39.0 Å². The van der Waals surface area contributed by atoms with Crippen molar-refractivity contribution in [3.05, 3.63) is 34.3 Å². The molecule has 0 saturated heterocycles. The summed E-state index contributed by atoms with van der Waals surface area (Å²) in [7, 11) is 0. The first kappa shape index (κ1) is 13.0. The van der Waals surface area contributed by atoms with Crippen molar-refractivity contribution in [1.82, 2.24) is 0 Å². The maximum atomic E-state index is 10.4. The Morgan fingerprint density at radius 2 is 2.12 bits per heavy atom. The lowest BCUT2D eigenvalue weighted by atomic mass is 9.94. The molecular weight excluding hydrogens is 224 g/mol. The highest BCUT2D eigenvalue weighted by atomic mass is 35.5. The Labute approximate surface area is 101 Å². The summed E-state index contributed by atoms with van der Waals surface area (Å²) in [4.78, 5) is 10.4. The second-order valence-corrected chi connectivity index (χ2v) is 4.68. The highest BCUT2D eigenvalue weighted by Crippen LogP contribution is 2.24. The molecule has 16 heavy (non-hydrogen) atoms. The average molecular weight is 241 g/mol. The third-order valence-electron chi connectivity index (χ3n) is 2.56. The fourth-order valence-electron chi connectivity index (χ4n) is 1.78. The van der Waals surface area contributed by atoms with E-state index in [0.717, 1.165) is 11.4 Å². The molecular formula is C13H17ClO2. The largest absolute Gasteiger partial charge is 0.481 e.